The molecule has 0 aliphatic carbocycles. The van der Waals surface area contributed by atoms with E-state index >= 15 is 0 Å². The van der Waals surface area contributed by atoms with Crippen molar-refractivity contribution < 1.29 is 9.47 Å². The second kappa shape index (κ2) is 13.3. The fraction of sp³-hybridized carbons (Fsp3) is 0.579. The van der Waals surface area contributed by atoms with Crippen LogP contribution in [0.1, 0.15) is 32.3 Å². The molecule has 144 valence electrons. The van der Waals surface area contributed by atoms with E-state index in [0.717, 1.165) is 31.1 Å². The molecule has 1 aromatic carbocycles. The molecule has 25 heavy (non-hydrogen) atoms. The number of benzene rings is 1. The van der Waals surface area contributed by atoms with Gasteiger partial charge in [-0.25, -0.2) is 0 Å². The summed E-state index contributed by atoms with van der Waals surface area (Å²) in [5.74, 6) is 1.59. The molecule has 1 unspecified atom stereocenters. The molecule has 1 fully saturated rings. The highest BCUT2D eigenvalue weighted by molar-refractivity contribution is 5.85. The third-order valence-electron chi connectivity index (χ3n) is 4.28. The first-order chi connectivity index (χ1) is 11.3. The zero-order valence-corrected chi connectivity index (χ0v) is 17.0. The summed E-state index contributed by atoms with van der Waals surface area (Å²) in [4.78, 5) is 2.56. The molecule has 0 bridgehead atoms. The molecule has 1 aromatic rings. The molecule has 1 atom stereocenters. The standard InChI is InChI=1S/C19H30N2O2.2ClH/c1-4-12-23-18-10-9-16(13-19(18)22-6-3)14-20-15-17-8-7-11-21(17)5-2;;/h4,9-10,13,17,20H,1,5-8,11-12,14-15H2,2-3H3;2*1H. The van der Waals surface area contributed by atoms with Gasteiger partial charge in [-0.3, -0.25) is 4.90 Å². The maximum absolute atomic E-state index is 5.69. The van der Waals surface area contributed by atoms with Crippen LogP contribution in [-0.2, 0) is 6.54 Å². The van der Waals surface area contributed by atoms with Crippen LogP contribution in [0.15, 0.2) is 30.9 Å². The number of rotatable bonds is 10. The van der Waals surface area contributed by atoms with Gasteiger partial charge in [0.1, 0.15) is 6.61 Å². The number of ether oxygens (including phenoxy) is 2. The second-order valence-corrected chi connectivity index (χ2v) is 5.87. The highest BCUT2D eigenvalue weighted by Crippen LogP contribution is 2.28. The summed E-state index contributed by atoms with van der Waals surface area (Å²) in [6, 6.07) is 6.84. The van der Waals surface area contributed by atoms with E-state index in [1.807, 2.05) is 13.0 Å². The van der Waals surface area contributed by atoms with Crippen molar-refractivity contribution in [2.45, 2.75) is 39.3 Å². The first kappa shape index (κ1) is 24.1. The predicted octanol–water partition coefficient (Wildman–Crippen LogP) is 4.07. The van der Waals surface area contributed by atoms with Gasteiger partial charge in [0.25, 0.3) is 0 Å². The van der Waals surface area contributed by atoms with Crippen molar-refractivity contribution in [3.63, 3.8) is 0 Å². The Morgan fingerprint density at radius 3 is 2.72 bits per heavy atom. The largest absolute Gasteiger partial charge is 0.490 e. The molecule has 1 saturated heterocycles. The van der Waals surface area contributed by atoms with Crippen molar-refractivity contribution in [1.82, 2.24) is 10.2 Å². The van der Waals surface area contributed by atoms with E-state index in [-0.39, 0.29) is 24.8 Å². The summed E-state index contributed by atoms with van der Waals surface area (Å²) in [6.07, 6.45) is 4.37. The summed E-state index contributed by atoms with van der Waals surface area (Å²) in [5.41, 5.74) is 1.22. The zero-order chi connectivity index (χ0) is 16.5. The number of nitrogens with zero attached hydrogens (tertiary/aromatic N) is 1. The van der Waals surface area contributed by atoms with Crippen LogP contribution in [0.5, 0.6) is 11.5 Å². The Morgan fingerprint density at radius 1 is 1.24 bits per heavy atom. The first-order valence-corrected chi connectivity index (χ1v) is 8.72. The van der Waals surface area contributed by atoms with Gasteiger partial charge < -0.3 is 14.8 Å². The Balaban J connectivity index is 0.00000288. The van der Waals surface area contributed by atoms with E-state index in [0.29, 0.717) is 19.3 Å². The summed E-state index contributed by atoms with van der Waals surface area (Å²) in [5, 5.41) is 3.59. The molecule has 1 aliphatic heterocycles. The van der Waals surface area contributed by atoms with Crippen LogP contribution < -0.4 is 14.8 Å². The Bertz CT molecular complexity index is 500. The van der Waals surface area contributed by atoms with E-state index in [1.54, 1.807) is 6.08 Å². The molecule has 0 radical (unpaired) electrons. The molecule has 1 heterocycles. The minimum Gasteiger partial charge on any atom is -0.490 e. The zero-order valence-electron chi connectivity index (χ0n) is 15.3. The quantitative estimate of drug-likeness (QED) is 0.610. The monoisotopic (exact) mass is 390 g/mol. The van der Waals surface area contributed by atoms with Gasteiger partial charge in [-0.1, -0.05) is 25.6 Å². The normalized spacial score (nSPS) is 16.6. The summed E-state index contributed by atoms with van der Waals surface area (Å²) < 4.78 is 11.3. The Labute approximate surface area is 164 Å². The number of hydrogen-bond acceptors (Lipinski definition) is 4. The van der Waals surface area contributed by atoms with Crippen molar-refractivity contribution in [1.29, 1.82) is 0 Å². The molecule has 2 rings (SSSR count). The van der Waals surface area contributed by atoms with Gasteiger partial charge in [0.05, 0.1) is 6.61 Å². The van der Waals surface area contributed by atoms with Gasteiger partial charge in [0, 0.05) is 19.1 Å². The van der Waals surface area contributed by atoms with E-state index in [2.05, 4.69) is 35.9 Å². The maximum atomic E-state index is 5.69. The molecule has 1 aliphatic rings. The van der Waals surface area contributed by atoms with Crippen LogP contribution in [0.2, 0.25) is 0 Å². The van der Waals surface area contributed by atoms with Gasteiger partial charge in [-0.05, 0) is 50.6 Å². The molecule has 0 spiro atoms. The smallest absolute Gasteiger partial charge is 0.161 e. The van der Waals surface area contributed by atoms with E-state index < -0.39 is 0 Å². The van der Waals surface area contributed by atoms with Gasteiger partial charge in [0.2, 0.25) is 0 Å². The lowest BCUT2D eigenvalue weighted by Gasteiger charge is -2.23. The Hall–Kier alpha value is -0.940. The van der Waals surface area contributed by atoms with E-state index in [9.17, 15) is 0 Å². The molecule has 4 nitrogen and oxygen atoms in total. The number of halogens is 2. The van der Waals surface area contributed by atoms with Crippen molar-refractivity contribution in [2.24, 2.45) is 0 Å². The van der Waals surface area contributed by atoms with Crippen LogP contribution in [0.3, 0.4) is 0 Å². The molecular formula is C19H32Cl2N2O2. The molecule has 0 amide bonds. The molecule has 0 aromatic heterocycles. The molecule has 6 heteroatoms. The van der Waals surface area contributed by atoms with Crippen molar-refractivity contribution in [3.05, 3.63) is 36.4 Å². The van der Waals surface area contributed by atoms with Gasteiger partial charge in [-0.15, -0.1) is 24.8 Å². The average Bonchev–Trinajstić information content (AvgIpc) is 3.02. The first-order valence-electron chi connectivity index (χ1n) is 8.72. The van der Waals surface area contributed by atoms with Gasteiger partial charge >= 0.3 is 0 Å². The van der Waals surface area contributed by atoms with Gasteiger partial charge in [-0.2, -0.15) is 0 Å². The van der Waals surface area contributed by atoms with Crippen molar-refractivity contribution >= 4 is 24.8 Å². The molecule has 0 saturated carbocycles. The third-order valence-corrected chi connectivity index (χ3v) is 4.28. The van der Waals surface area contributed by atoms with Crippen LogP contribution >= 0.6 is 24.8 Å². The lowest BCUT2D eigenvalue weighted by molar-refractivity contribution is 0.260. The molecular weight excluding hydrogens is 359 g/mol. The second-order valence-electron chi connectivity index (χ2n) is 5.87. The fourth-order valence-electron chi connectivity index (χ4n) is 3.12. The lowest BCUT2D eigenvalue weighted by atomic mass is 10.1. The van der Waals surface area contributed by atoms with Crippen LogP contribution in [0.25, 0.3) is 0 Å². The van der Waals surface area contributed by atoms with Crippen molar-refractivity contribution in [2.75, 3.05) is 32.8 Å². The fourth-order valence-corrected chi connectivity index (χ4v) is 3.12. The SMILES string of the molecule is C=CCOc1ccc(CNCC2CCCN2CC)cc1OCC.Cl.Cl. The highest BCUT2D eigenvalue weighted by atomic mass is 35.5. The van der Waals surface area contributed by atoms with Gasteiger partial charge in [0.15, 0.2) is 11.5 Å². The van der Waals surface area contributed by atoms with Crippen LogP contribution in [0.4, 0.5) is 0 Å². The van der Waals surface area contributed by atoms with E-state index in [4.69, 9.17) is 9.47 Å². The summed E-state index contributed by atoms with van der Waals surface area (Å²) >= 11 is 0. The van der Waals surface area contributed by atoms with Crippen LogP contribution in [0, 0.1) is 0 Å². The average molecular weight is 391 g/mol. The predicted molar refractivity (Wildman–Crippen MR) is 110 cm³/mol. The lowest BCUT2D eigenvalue weighted by Crippen LogP contribution is -2.37. The minimum absolute atomic E-state index is 0. The number of likely N-dealkylation sites (N-methyl/N-ethyl adjacent to an activating group) is 1. The Morgan fingerprint density at radius 2 is 2.04 bits per heavy atom. The number of likely N-dealkylation sites (tertiary alicyclic amines) is 1. The number of nitrogens with one attached hydrogen (secondary N) is 1. The number of hydrogen-bond donors (Lipinski definition) is 1. The van der Waals surface area contributed by atoms with E-state index in [1.165, 1.54) is 24.9 Å². The minimum atomic E-state index is 0. The van der Waals surface area contributed by atoms with Crippen molar-refractivity contribution in [3.8, 4) is 11.5 Å². The summed E-state index contributed by atoms with van der Waals surface area (Å²) in [6.45, 7) is 13.3. The Kier molecular flexibility index (Phi) is 12.8. The topological polar surface area (TPSA) is 33.7 Å². The molecule has 1 N–H and O–H groups in total. The summed E-state index contributed by atoms with van der Waals surface area (Å²) in [7, 11) is 0. The highest BCUT2D eigenvalue weighted by Gasteiger charge is 2.22. The maximum Gasteiger partial charge on any atom is 0.161 e. The van der Waals surface area contributed by atoms with Crippen LogP contribution in [-0.4, -0.2) is 43.8 Å². The third kappa shape index (κ3) is 7.45.